The van der Waals surface area contributed by atoms with Crippen molar-refractivity contribution in [1.82, 2.24) is 10.2 Å². The molecule has 3 amide bonds. The van der Waals surface area contributed by atoms with Gasteiger partial charge < -0.3 is 5.32 Å². The zero-order chi connectivity index (χ0) is 14.0. The van der Waals surface area contributed by atoms with Gasteiger partial charge in [-0.05, 0) is 32.4 Å². The molecule has 5 heteroatoms. The van der Waals surface area contributed by atoms with Crippen LogP contribution in [0.3, 0.4) is 0 Å². The fourth-order valence-corrected chi connectivity index (χ4v) is 3.09. The van der Waals surface area contributed by atoms with Crippen LogP contribution in [-0.2, 0) is 4.79 Å². The third-order valence-corrected chi connectivity index (χ3v) is 4.37. The van der Waals surface area contributed by atoms with Gasteiger partial charge in [-0.3, -0.25) is 9.69 Å². The molecular weight excluding hydrogens is 260 g/mol. The molecule has 1 saturated heterocycles. The van der Waals surface area contributed by atoms with Gasteiger partial charge in [-0.25, -0.2) is 4.79 Å². The van der Waals surface area contributed by atoms with E-state index in [4.69, 9.17) is 0 Å². The van der Waals surface area contributed by atoms with Gasteiger partial charge in [0.05, 0.1) is 5.25 Å². The summed E-state index contributed by atoms with van der Waals surface area (Å²) in [6.07, 6.45) is 0. The van der Waals surface area contributed by atoms with Crippen LogP contribution >= 0.6 is 11.8 Å². The van der Waals surface area contributed by atoms with E-state index in [9.17, 15) is 9.59 Å². The molecule has 1 aliphatic heterocycles. The molecule has 0 aromatic heterocycles. The molecule has 1 heterocycles. The van der Waals surface area contributed by atoms with Gasteiger partial charge in [-0.1, -0.05) is 17.7 Å². The van der Waals surface area contributed by atoms with Crippen LogP contribution in [0.15, 0.2) is 23.1 Å². The maximum absolute atomic E-state index is 12.2. The molecule has 0 spiro atoms. The molecule has 19 heavy (non-hydrogen) atoms. The summed E-state index contributed by atoms with van der Waals surface area (Å²) in [6.45, 7) is 6.92. The second-order valence-electron chi connectivity index (χ2n) is 4.75. The van der Waals surface area contributed by atoms with E-state index >= 15 is 0 Å². The van der Waals surface area contributed by atoms with Crippen molar-refractivity contribution in [3.8, 4) is 0 Å². The third kappa shape index (κ3) is 3.10. The third-order valence-electron chi connectivity index (χ3n) is 3.12. The highest BCUT2D eigenvalue weighted by molar-refractivity contribution is 8.00. The molecule has 1 aliphatic rings. The van der Waals surface area contributed by atoms with Gasteiger partial charge in [-0.15, -0.1) is 11.8 Å². The highest BCUT2D eigenvalue weighted by Crippen LogP contribution is 2.28. The summed E-state index contributed by atoms with van der Waals surface area (Å²) in [6, 6.07) is 5.91. The number of carbonyl (C=O) groups excluding carboxylic acids is 2. The minimum Gasteiger partial charge on any atom is -0.336 e. The number of imide groups is 1. The number of thioether (sulfide) groups is 1. The maximum Gasteiger partial charge on any atom is 0.324 e. The molecule has 2 rings (SSSR count). The Morgan fingerprint density at radius 1 is 1.42 bits per heavy atom. The van der Waals surface area contributed by atoms with Crippen molar-refractivity contribution < 1.29 is 9.59 Å². The Morgan fingerprint density at radius 2 is 2.16 bits per heavy atom. The zero-order valence-electron chi connectivity index (χ0n) is 11.4. The predicted molar refractivity (Wildman–Crippen MR) is 76.3 cm³/mol. The maximum atomic E-state index is 12.2. The van der Waals surface area contributed by atoms with Crippen LogP contribution in [0.1, 0.15) is 18.1 Å². The van der Waals surface area contributed by atoms with Crippen LogP contribution in [0, 0.1) is 13.8 Å². The quantitative estimate of drug-likeness (QED) is 0.863. The molecule has 0 aliphatic carbocycles. The Labute approximate surface area is 117 Å². The summed E-state index contributed by atoms with van der Waals surface area (Å²) in [5.74, 6) is -0.124. The summed E-state index contributed by atoms with van der Waals surface area (Å²) in [4.78, 5) is 26.1. The number of hydrogen-bond acceptors (Lipinski definition) is 3. The second-order valence-corrected chi connectivity index (χ2v) is 6.13. The van der Waals surface area contributed by atoms with Crippen LogP contribution in [0.25, 0.3) is 0 Å². The van der Waals surface area contributed by atoms with Gasteiger partial charge in [-0.2, -0.15) is 0 Å². The number of nitrogens with one attached hydrogen (secondary N) is 1. The Morgan fingerprint density at radius 3 is 2.79 bits per heavy atom. The lowest BCUT2D eigenvalue weighted by molar-refractivity contribution is -0.126. The van der Waals surface area contributed by atoms with E-state index in [1.165, 1.54) is 22.2 Å². The normalized spacial score (nSPS) is 16.4. The predicted octanol–water partition coefficient (Wildman–Crippen LogP) is 2.34. The Kier molecular flexibility index (Phi) is 4.14. The number of rotatable bonds is 3. The van der Waals surface area contributed by atoms with Crippen LogP contribution in [-0.4, -0.2) is 35.2 Å². The molecule has 4 nitrogen and oxygen atoms in total. The van der Waals surface area contributed by atoms with Gasteiger partial charge in [0.1, 0.15) is 0 Å². The summed E-state index contributed by atoms with van der Waals surface area (Å²) in [5, 5.41) is 2.39. The Hall–Kier alpha value is -1.49. The molecule has 0 saturated carbocycles. The fourth-order valence-electron chi connectivity index (χ4n) is 1.98. The number of amides is 3. The van der Waals surface area contributed by atoms with E-state index in [0.717, 1.165) is 10.5 Å². The van der Waals surface area contributed by atoms with Crippen molar-refractivity contribution in [1.29, 1.82) is 0 Å². The summed E-state index contributed by atoms with van der Waals surface area (Å²) < 4.78 is 0. The summed E-state index contributed by atoms with van der Waals surface area (Å²) in [7, 11) is 0. The van der Waals surface area contributed by atoms with E-state index in [-0.39, 0.29) is 17.2 Å². The zero-order valence-corrected chi connectivity index (χ0v) is 12.2. The summed E-state index contributed by atoms with van der Waals surface area (Å²) >= 11 is 1.51. The van der Waals surface area contributed by atoms with E-state index < -0.39 is 0 Å². The van der Waals surface area contributed by atoms with E-state index in [1.807, 2.05) is 20.8 Å². The van der Waals surface area contributed by atoms with E-state index in [0.29, 0.717) is 13.1 Å². The first kappa shape index (κ1) is 13.9. The van der Waals surface area contributed by atoms with Crippen molar-refractivity contribution in [2.75, 3.05) is 13.1 Å². The van der Waals surface area contributed by atoms with Gasteiger partial charge in [0.2, 0.25) is 5.91 Å². The molecule has 102 valence electrons. The van der Waals surface area contributed by atoms with E-state index in [1.54, 1.807) is 0 Å². The largest absolute Gasteiger partial charge is 0.336 e. The van der Waals surface area contributed by atoms with Crippen molar-refractivity contribution in [3.05, 3.63) is 29.3 Å². The first-order chi connectivity index (χ1) is 8.99. The average molecular weight is 278 g/mol. The number of aryl methyl sites for hydroxylation is 2. The number of carbonyl (C=O) groups is 2. The van der Waals surface area contributed by atoms with Crippen molar-refractivity contribution in [2.45, 2.75) is 30.9 Å². The molecular formula is C14H18N2O2S. The van der Waals surface area contributed by atoms with Crippen LogP contribution in [0.2, 0.25) is 0 Å². The minimum atomic E-state index is -0.279. The lowest BCUT2D eigenvalue weighted by Gasteiger charge is -2.18. The van der Waals surface area contributed by atoms with Crippen LogP contribution < -0.4 is 5.32 Å². The number of hydrogen-bond donors (Lipinski definition) is 1. The second kappa shape index (κ2) is 5.65. The van der Waals surface area contributed by atoms with Crippen LogP contribution in [0.4, 0.5) is 4.79 Å². The topological polar surface area (TPSA) is 49.4 Å². The molecule has 0 radical (unpaired) electrons. The molecule has 1 N–H and O–H groups in total. The van der Waals surface area contributed by atoms with Gasteiger partial charge in [0.25, 0.3) is 0 Å². The highest BCUT2D eigenvalue weighted by Gasteiger charge is 2.30. The average Bonchev–Trinajstić information content (AvgIpc) is 2.79. The van der Waals surface area contributed by atoms with Gasteiger partial charge in [0, 0.05) is 18.0 Å². The molecule has 1 atom stereocenters. The minimum absolute atomic E-state index is 0.124. The number of urea groups is 1. The monoisotopic (exact) mass is 278 g/mol. The molecule has 1 unspecified atom stereocenters. The van der Waals surface area contributed by atoms with Crippen molar-refractivity contribution in [3.63, 3.8) is 0 Å². The number of benzene rings is 1. The smallest absolute Gasteiger partial charge is 0.324 e. The Balaban J connectivity index is 2.08. The molecule has 0 bridgehead atoms. The first-order valence-electron chi connectivity index (χ1n) is 6.32. The highest BCUT2D eigenvalue weighted by atomic mass is 32.2. The van der Waals surface area contributed by atoms with Gasteiger partial charge in [0.15, 0.2) is 0 Å². The summed E-state index contributed by atoms with van der Waals surface area (Å²) in [5.41, 5.74) is 2.33. The molecule has 1 aromatic rings. The fraction of sp³-hybridized carbons (Fsp3) is 0.429. The first-order valence-corrected chi connectivity index (χ1v) is 7.20. The van der Waals surface area contributed by atoms with Crippen LogP contribution in [0.5, 0.6) is 0 Å². The lowest BCUT2D eigenvalue weighted by Crippen LogP contribution is -2.38. The Bertz CT molecular complexity index is 516. The van der Waals surface area contributed by atoms with Crippen molar-refractivity contribution in [2.24, 2.45) is 0 Å². The standard InChI is InChI=1S/C14H18N2O2S/c1-9-4-5-10(2)12(8-9)19-11(3)13(17)16-7-6-15-14(16)18/h4-5,8,11H,6-7H2,1-3H3,(H,15,18). The van der Waals surface area contributed by atoms with E-state index in [2.05, 4.69) is 23.5 Å². The van der Waals surface area contributed by atoms with Gasteiger partial charge >= 0.3 is 6.03 Å². The molecule has 1 aromatic carbocycles. The lowest BCUT2D eigenvalue weighted by atomic mass is 10.2. The van der Waals surface area contributed by atoms with Crippen molar-refractivity contribution >= 4 is 23.7 Å². The number of nitrogens with zero attached hydrogens (tertiary/aromatic N) is 1. The molecule has 1 fully saturated rings. The SMILES string of the molecule is Cc1ccc(C)c(SC(C)C(=O)N2CCNC2=O)c1.